The highest BCUT2D eigenvalue weighted by atomic mass is 32.1. The molecule has 5 rings (SSSR count). The second kappa shape index (κ2) is 10.0. The highest BCUT2D eigenvalue weighted by Crippen LogP contribution is 2.36. The third-order valence-corrected chi connectivity index (χ3v) is 7.56. The van der Waals surface area contributed by atoms with Gasteiger partial charge in [0.2, 0.25) is 11.8 Å². The normalized spacial score (nSPS) is 14.9. The lowest BCUT2D eigenvalue weighted by atomic mass is 9.89. The van der Waals surface area contributed by atoms with Gasteiger partial charge in [0.05, 0.1) is 0 Å². The molecule has 1 saturated heterocycles. The third-order valence-electron chi connectivity index (χ3n) is 6.86. The van der Waals surface area contributed by atoms with Crippen molar-refractivity contribution < 1.29 is 14.0 Å². The van der Waals surface area contributed by atoms with Crippen molar-refractivity contribution in [3.63, 3.8) is 0 Å². The first-order valence-corrected chi connectivity index (χ1v) is 12.8. The van der Waals surface area contributed by atoms with E-state index in [1.807, 2.05) is 29.2 Å². The summed E-state index contributed by atoms with van der Waals surface area (Å²) in [5.74, 6) is -0.145. The molecule has 0 bridgehead atoms. The van der Waals surface area contributed by atoms with Crippen molar-refractivity contribution in [2.75, 3.05) is 26.2 Å². The maximum absolute atomic E-state index is 13.4. The molecular formula is C28H28FN3O2S. The zero-order chi connectivity index (χ0) is 24.4. The Balaban J connectivity index is 1.45. The molecule has 2 amide bonds. The van der Waals surface area contributed by atoms with Crippen LogP contribution in [0.25, 0.3) is 10.9 Å². The van der Waals surface area contributed by atoms with Gasteiger partial charge in [0.1, 0.15) is 5.82 Å². The number of piperazine rings is 1. The SMILES string of the molecule is CC(=O)N1CCN(C(=O)CC(c2ccsc2)c2cn(Cc3ccc(F)cc3)c3ccccc23)CC1. The Labute approximate surface area is 208 Å². The van der Waals surface area contributed by atoms with Crippen LogP contribution in [0.5, 0.6) is 0 Å². The van der Waals surface area contributed by atoms with Crippen LogP contribution in [-0.4, -0.2) is 52.4 Å². The summed E-state index contributed by atoms with van der Waals surface area (Å²) in [6, 6.07) is 16.9. The van der Waals surface area contributed by atoms with E-state index in [1.54, 1.807) is 23.2 Å². The van der Waals surface area contributed by atoms with Crippen LogP contribution in [0.2, 0.25) is 0 Å². The maximum Gasteiger partial charge on any atom is 0.223 e. The molecular weight excluding hydrogens is 461 g/mol. The van der Waals surface area contributed by atoms with Gasteiger partial charge in [-0.15, -0.1) is 0 Å². The van der Waals surface area contributed by atoms with Crippen molar-refractivity contribution in [2.24, 2.45) is 0 Å². The number of amides is 2. The minimum atomic E-state index is -0.244. The molecule has 2 aromatic carbocycles. The molecule has 1 atom stereocenters. The van der Waals surface area contributed by atoms with Crippen LogP contribution in [-0.2, 0) is 16.1 Å². The number of thiophene rings is 1. The van der Waals surface area contributed by atoms with Gasteiger partial charge in [-0.25, -0.2) is 4.39 Å². The summed E-state index contributed by atoms with van der Waals surface area (Å²) >= 11 is 1.63. The fourth-order valence-electron chi connectivity index (χ4n) is 4.93. The molecule has 1 aliphatic heterocycles. The molecule has 0 N–H and O–H groups in total. The standard InChI is InChI=1S/C28H28FN3O2S/c1-20(33)30-11-13-31(14-12-30)28(34)16-25(22-10-15-35-19-22)26-18-32(27-5-3-2-4-24(26)27)17-21-6-8-23(29)9-7-21/h2-10,15,18-19,25H,11-14,16-17H2,1H3. The number of hydrogen-bond donors (Lipinski definition) is 0. The molecule has 0 radical (unpaired) electrons. The molecule has 3 heterocycles. The summed E-state index contributed by atoms with van der Waals surface area (Å²) in [4.78, 5) is 28.8. The van der Waals surface area contributed by atoms with Gasteiger partial charge >= 0.3 is 0 Å². The zero-order valence-electron chi connectivity index (χ0n) is 19.7. The molecule has 35 heavy (non-hydrogen) atoms. The number of nitrogens with zero attached hydrogens (tertiary/aromatic N) is 3. The quantitative estimate of drug-likeness (QED) is 0.378. The summed E-state index contributed by atoms with van der Waals surface area (Å²) < 4.78 is 15.6. The van der Waals surface area contributed by atoms with Gasteiger partial charge in [-0.1, -0.05) is 30.3 Å². The Morgan fingerprint density at radius 3 is 2.37 bits per heavy atom. The number of carbonyl (C=O) groups is 2. The number of aromatic nitrogens is 1. The van der Waals surface area contributed by atoms with Gasteiger partial charge < -0.3 is 14.4 Å². The minimum absolute atomic E-state index is 0.0576. The molecule has 0 saturated carbocycles. The first-order chi connectivity index (χ1) is 17.0. The number of rotatable bonds is 6. The van der Waals surface area contributed by atoms with Crippen molar-refractivity contribution in [3.8, 4) is 0 Å². The van der Waals surface area contributed by atoms with Crippen LogP contribution in [0.15, 0.2) is 71.6 Å². The van der Waals surface area contributed by atoms with Crippen LogP contribution in [0.4, 0.5) is 4.39 Å². The topological polar surface area (TPSA) is 45.6 Å². The Bertz CT molecular complexity index is 1320. The molecule has 1 aliphatic rings. The van der Waals surface area contributed by atoms with Crippen LogP contribution in [0, 0.1) is 5.82 Å². The van der Waals surface area contributed by atoms with E-state index in [-0.39, 0.29) is 23.5 Å². The Kier molecular flexibility index (Phi) is 6.68. The van der Waals surface area contributed by atoms with Gasteiger partial charge in [0.15, 0.2) is 0 Å². The van der Waals surface area contributed by atoms with Crippen LogP contribution in [0.3, 0.4) is 0 Å². The van der Waals surface area contributed by atoms with E-state index in [0.29, 0.717) is 39.1 Å². The van der Waals surface area contributed by atoms with Crippen molar-refractivity contribution in [1.29, 1.82) is 0 Å². The van der Waals surface area contributed by atoms with Crippen molar-refractivity contribution in [1.82, 2.24) is 14.4 Å². The van der Waals surface area contributed by atoms with E-state index in [4.69, 9.17) is 0 Å². The second-order valence-electron chi connectivity index (χ2n) is 9.06. The fourth-order valence-corrected chi connectivity index (χ4v) is 5.64. The number of carbonyl (C=O) groups excluding carboxylic acids is 2. The fraction of sp³-hybridized carbons (Fsp3) is 0.286. The van der Waals surface area contributed by atoms with Gasteiger partial charge in [-0.3, -0.25) is 9.59 Å². The molecule has 1 fully saturated rings. The Hall–Kier alpha value is -3.45. The Morgan fingerprint density at radius 1 is 0.971 bits per heavy atom. The van der Waals surface area contributed by atoms with Crippen molar-refractivity contribution >= 4 is 34.1 Å². The van der Waals surface area contributed by atoms with Gasteiger partial charge in [-0.05, 0) is 51.7 Å². The largest absolute Gasteiger partial charge is 0.343 e. The average molecular weight is 490 g/mol. The maximum atomic E-state index is 13.4. The summed E-state index contributed by atoms with van der Waals surface area (Å²) in [6.07, 6.45) is 2.53. The zero-order valence-corrected chi connectivity index (χ0v) is 20.5. The number of benzene rings is 2. The number of halogens is 1. The molecule has 2 aromatic heterocycles. The van der Waals surface area contributed by atoms with Gasteiger partial charge in [-0.2, -0.15) is 11.3 Å². The number of para-hydroxylation sites is 1. The van der Waals surface area contributed by atoms with E-state index in [2.05, 4.69) is 39.7 Å². The average Bonchev–Trinajstić information content (AvgIpc) is 3.53. The smallest absolute Gasteiger partial charge is 0.223 e. The minimum Gasteiger partial charge on any atom is -0.343 e. The summed E-state index contributed by atoms with van der Waals surface area (Å²) in [5, 5.41) is 5.30. The predicted molar refractivity (Wildman–Crippen MR) is 137 cm³/mol. The first-order valence-electron chi connectivity index (χ1n) is 11.9. The molecule has 0 spiro atoms. The van der Waals surface area contributed by atoms with Crippen LogP contribution < -0.4 is 0 Å². The second-order valence-corrected chi connectivity index (χ2v) is 9.84. The molecule has 180 valence electrons. The molecule has 4 aromatic rings. The predicted octanol–water partition coefficient (Wildman–Crippen LogP) is 5.10. The highest BCUT2D eigenvalue weighted by molar-refractivity contribution is 7.08. The van der Waals surface area contributed by atoms with E-state index >= 15 is 0 Å². The molecule has 1 unspecified atom stereocenters. The van der Waals surface area contributed by atoms with Gasteiger partial charge in [0.25, 0.3) is 0 Å². The Morgan fingerprint density at radius 2 is 1.69 bits per heavy atom. The summed E-state index contributed by atoms with van der Waals surface area (Å²) in [5.41, 5.74) is 4.37. The summed E-state index contributed by atoms with van der Waals surface area (Å²) in [6.45, 7) is 4.51. The lowest BCUT2D eigenvalue weighted by molar-refractivity contribution is -0.138. The third kappa shape index (κ3) is 5.00. The first kappa shape index (κ1) is 23.3. The van der Waals surface area contributed by atoms with E-state index in [9.17, 15) is 14.0 Å². The van der Waals surface area contributed by atoms with E-state index in [0.717, 1.165) is 27.6 Å². The number of hydrogen-bond acceptors (Lipinski definition) is 3. The number of fused-ring (bicyclic) bond motifs is 1. The molecule has 5 nitrogen and oxygen atoms in total. The monoisotopic (exact) mass is 489 g/mol. The lowest BCUT2D eigenvalue weighted by Crippen LogP contribution is -2.50. The van der Waals surface area contributed by atoms with Crippen molar-refractivity contribution in [3.05, 3.63) is 94.1 Å². The van der Waals surface area contributed by atoms with Crippen LogP contribution in [0.1, 0.15) is 36.0 Å². The summed E-state index contributed by atoms with van der Waals surface area (Å²) in [7, 11) is 0. The van der Waals surface area contributed by atoms with E-state index < -0.39 is 0 Å². The van der Waals surface area contributed by atoms with Crippen LogP contribution >= 0.6 is 11.3 Å². The lowest BCUT2D eigenvalue weighted by Gasteiger charge is -2.35. The molecule has 0 aliphatic carbocycles. The highest BCUT2D eigenvalue weighted by Gasteiger charge is 2.28. The molecule has 7 heteroatoms. The van der Waals surface area contributed by atoms with E-state index in [1.165, 1.54) is 12.1 Å². The van der Waals surface area contributed by atoms with Gasteiger partial charge in [0, 0.05) is 69.1 Å². The van der Waals surface area contributed by atoms with Crippen molar-refractivity contribution in [2.45, 2.75) is 25.8 Å².